The molecule has 0 atom stereocenters. The standard InChI is InChI=1S/C19H24N4O2/c1-3-18-20-13-15(14-21-18)19(24)23-11-9-22(10-12-23)16-7-5-6-8-17(16)25-4-2/h5-8,13-14H,3-4,9-12H2,1-2H3. The van der Waals surface area contributed by atoms with E-state index in [2.05, 4.69) is 20.9 Å². The van der Waals surface area contributed by atoms with Crippen molar-refractivity contribution < 1.29 is 9.53 Å². The summed E-state index contributed by atoms with van der Waals surface area (Å²) in [7, 11) is 0. The Morgan fingerprint density at radius 3 is 2.40 bits per heavy atom. The molecule has 1 aromatic carbocycles. The van der Waals surface area contributed by atoms with Crippen molar-refractivity contribution >= 4 is 11.6 Å². The minimum absolute atomic E-state index is 0.000367. The molecule has 0 unspecified atom stereocenters. The third kappa shape index (κ3) is 3.90. The summed E-state index contributed by atoms with van der Waals surface area (Å²) in [6.07, 6.45) is 4.03. The summed E-state index contributed by atoms with van der Waals surface area (Å²) in [5.41, 5.74) is 1.65. The number of amides is 1. The van der Waals surface area contributed by atoms with Gasteiger partial charge in [0.05, 0.1) is 17.9 Å². The van der Waals surface area contributed by atoms with Crippen molar-refractivity contribution in [1.29, 1.82) is 0 Å². The zero-order valence-corrected chi connectivity index (χ0v) is 14.8. The summed E-state index contributed by atoms with van der Waals surface area (Å²) in [4.78, 5) is 25.2. The van der Waals surface area contributed by atoms with Crippen molar-refractivity contribution in [3.8, 4) is 5.75 Å². The summed E-state index contributed by atoms with van der Waals surface area (Å²) in [5, 5.41) is 0. The van der Waals surface area contributed by atoms with Gasteiger partial charge in [0, 0.05) is 45.0 Å². The number of carbonyl (C=O) groups excluding carboxylic acids is 1. The second-order valence-corrected chi connectivity index (χ2v) is 5.92. The predicted molar refractivity (Wildman–Crippen MR) is 97.1 cm³/mol. The second kappa shape index (κ2) is 7.96. The van der Waals surface area contributed by atoms with E-state index in [1.165, 1.54) is 0 Å². The fourth-order valence-corrected chi connectivity index (χ4v) is 2.98. The molecule has 3 rings (SSSR count). The Morgan fingerprint density at radius 1 is 1.08 bits per heavy atom. The minimum Gasteiger partial charge on any atom is -0.492 e. The SMILES string of the molecule is CCOc1ccccc1N1CCN(C(=O)c2cnc(CC)nc2)CC1. The normalized spacial score (nSPS) is 14.5. The third-order valence-corrected chi connectivity index (χ3v) is 4.34. The van der Waals surface area contributed by atoms with Crippen LogP contribution in [0.5, 0.6) is 5.75 Å². The van der Waals surface area contributed by atoms with E-state index in [1.807, 2.05) is 36.9 Å². The summed E-state index contributed by atoms with van der Waals surface area (Å²) in [6.45, 7) is 7.54. The molecule has 132 valence electrons. The molecule has 1 saturated heterocycles. The van der Waals surface area contributed by atoms with Gasteiger partial charge in [-0.15, -0.1) is 0 Å². The highest BCUT2D eigenvalue weighted by Crippen LogP contribution is 2.28. The van der Waals surface area contributed by atoms with Crippen LogP contribution >= 0.6 is 0 Å². The number of aromatic nitrogens is 2. The Kier molecular flexibility index (Phi) is 5.48. The van der Waals surface area contributed by atoms with Crippen LogP contribution in [0.1, 0.15) is 30.0 Å². The number of ether oxygens (including phenoxy) is 1. The number of hydrogen-bond donors (Lipinski definition) is 0. The van der Waals surface area contributed by atoms with E-state index in [4.69, 9.17) is 4.74 Å². The van der Waals surface area contributed by atoms with Gasteiger partial charge < -0.3 is 14.5 Å². The Morgan fingerprint density at radius 2 is 1.76 bits per heavy atom. The van der Waals surface area contributed by atoms with Gasteiger partial charge in [-0.3, -0.25) is 4.79 Å². The molecule has 1 fully saturated rings. The second-order valence-electron chi connectivity index (χ2n) is 5.92. The largest absolute Gasteiger partial charge is 0.492 e. The third-order valence-electron chi connectivity index (χ3n) is 4.34. The maximum Gasteiger partial charge on any atom is 0.257 e. The van der Waals surface area contributed by atoms with Crippen molar-refractivity contribution in [2.45, 2.75) is 20.3 Å². The predicted octanol–water partition coefficient (Wildman–Crippen LogP) is 2.40. The number of anilines is 1. The van der Waals surface area contributed by atoms with Crippen molar-refractivity contribution in [3.63, 3.8) is 0 Å². The van der Waals surface area contributed by atoms with Gasteiger partial charge >= 0.3 is 0 Å². The first-order valence-corrected chi connectivity index (χ1v) is 8.80. The van der Waals surface area contributed by atoms with Gasteiger partial charge in [-0.25, -0.2) is 9.97 Å². The molecule has 2 heterocycles. The number of para-hydroxylation sites is 2. The number of benzene rings is 1. The summed E-state index contributed by atoms with van der Waals surface area (Å²) in [5.74, 6) is 1.66. The van der Waals surface area contributed by atoms with Crippen molar-refractivity contribution in [3.05, 3.63) is 48.0 Å². The van der Waals surface area contributed by atoms with Crippen molar-refractivity contribution in [2.75, 3.05) is 37.7 Å². The molecule has 0 spiro atoms. The quantitative estimate of drug-likeness (QED) is 0.836. The molecule has 0 N–H and O–H groups in total. The molecule has 1 aliphatic heterocycles. The van der Waals surface area contributed by atoms with Crippen LogP contribution in [0.15, 0.2) is 36.7 Å². The molecule has 0 aliphatic carbocycles. The Bertz CT molecular complexity index is 710. The Hall–Kier alpha value is -2.63. The molecular weight excluding hydrogens is 316 g/mol. The van der Waals surface area contributed by atoms with Gasteiger partial charge in [-0.1, -0.05) is 19.1 Å². The van der Waals surface area contributed by atoms with E-state index in [-0.39, 0.29) is 5.91 Å². The molecule has 0 bridgehead atoms. The lowest BCUT2D eigenvalue weighted by Crippen LogP contribution is -2.49. The monoisotopic (exact) mass is 340 g/mol. The van der Waals surface area contributed by atoms with E-state index in [0.29, 0.717) is 25.3 Å². The smallest absolute Gasteiger partial charge is 0.257 e. The molecule has 6 heteroatoms. The van der Waals surface area contributed by atoms with Gasteiger partial charge in [0.15, 0.2) is 0 Å². The highest BCUT2D eigenvalue weighted by molar-refractivity contribution is 5.93. The molecular formula is C19H24N4O2. The number of aryl methyl sites for hydroxylation is 1. The van der Waals surface area contributed by atoms with Crippen LogP contribution < -0.4 is 9.64 Å². The summed E-state index contributed by atoms with van der Waals surface area (Å²) >= 11 is 0. The summed E-state index contributed by atoms with van der Waals surface area (Å²) < 4.78 is 5.72. The van der Waals surface area contributed by atoms with Gasteiger partial charge in [0.2, 0.25) is 0 Å². The maximum absolute atomic E-state index is 12.6. The van der Waals surface area contributed by atoms with Crippen LogP contribution in [0.4, 0.5) is 5.69 Å². The average molecular weight is 340 g/mol. The fraction of sp³-hybridized carbons (Fsp3) is 0.421. The van der Waals surface area contributed by atoms with Crippen molar-refractivity contribution in [1.82, 2.24) is 14.9 Å². The molecule has 1 amide bonds. The molecule has 0 radical (unpaired) electrons. The van der Waals surface area contributed by atoms with E-state index in [9.17, 15) is 4.79 Å². The highest BCUT2D eigenvalue weighted by Gasteiger charge is 2.24. The zero-order valence-electron chi connectivity index (χ0n) is 14.8. The lowest BCUT2D eigenvalue weighted by atomic mass is 10.2. The van der Waals surface area contributed by atoms with Gasteiger partial charge in [-0.2, -0.15) is 0 Å². The number of nitrogens with zero attached hydrogens (tertiary/aromatic N) is 4. The molecule has 1 aliphatic rings. The first-order valence-electron chi connectivity index (χ1n) is 8.80. The topological polar surface area (TPSA) is 58.6 Å². The van der Waals surface area contributed by atoms with E-state index in [1.54, 1.807) is 12.4 Å². The maximum atomic E-state index is 12.6. The highest BCUT2D eigenvalue weighted by atomic mass is 16.5. The molecule has 6 nitrogen and oxygen atoms in total. The van der Waals surface area contributed by atoms with Crippen LogP contribution in [0, 0.1) is 0 Å². The van der Waals surface area contributed by atoms with Gasteiger partial charge in [0.1, 0.15) is 11.6 Å². The van der Waals surface area contributed by atoms with Crippen LogP contribution in [0.3, 0.4) is 0 Å². The van der Waals surface area contributed by atoms with Crippen LogP contribution in [-0.2, 0) is 6.42 Å². The van der Waals surface area contributed by atoms with Gasteiger partial charge in [0.25, 0.3) is 5.91 Å². The number of rotatable bonds is 5. The Labute approximate surface area is 148 Å². The molecule has 2 aromatic rings. The summed E-state index contributed by atoms with van der Waals surface area (Å²) in [6, 6.07) is 8.05. The number of carbonyl (C=O) groups is 1. The Balaban J connectivity index is 1.64. The van der Waals surface area contributed by atoms with E-state index in [0.717, 1.165) is 36.8 Å². The van der Waals surface area contributed by atoms with Crippen molar-refractivity contribution in [2.24, 2.45) is 0 Å². The first kappa shape index (κ1) is 17.2. The van der Waals surface area contributed by atoms with E-state index >= 15 is 0 Å². The van der Waals surface area contributed by atoms with Crippen LogP contribution in [-0.4, -0.2) is 53.6 Å². The number of hydrogen-bond acceptors (Lipinski definition) is 5. The first-order chi connectivity index (χ1) is 12.2. The average Bonchev–Trinajstić information content (AvgIpc) is 2.68. The zero-order chi connectivity index (χ0) is 17.6. The number of piperazine rings is 1. The van der Waals surface area contributed by atoms with Crippen LogP contribution in [0.2, 0.25) is 0 Å². The molecule has 0 saturated carbocycles. The molecule has 1 aromatic heterocycles. The minimum atomic E-state index is 0.000367. The van der Waals surface area contributed by atoms with Gasteiger partial charge in [-0.05, 0) is 19.1 Å². The fourth-order valence-electron chi connectivity index (χ4n) is 2.98. The van der Waals surface area contributed by atoms with Crippen LogP contribution in [0.25, 0.3) is 0 Å². The van der Waals surface area contributed by atoms with E-state index < -0.39 is 0 Å². The molecule has 25 heavy (non-hydrogen) atoms. The lowest BCUT2D eigenvalue weighted by molar-refractivity contribution is 0.0745. The lowest BCUT2D eigenvalue weighted by Gasteiger charge is -2.36.